The van der Waals surface area contributed by atoms with Crippen LogP contribution in [0, 0.1) is 13.8 Å². The highest BCUT2D eigenvalue weighted by atomic mass is 35.5. The molecule has 76 valence electrons. The van der Waals surface area contributed by atoms with E-state index in [2.05, 4.69) is 10.1 Å². The first kappa shape index (κ1) is 11.0. The van der Waals surface area contributed by atoms with E-state index in [1.807, 2.05) is 39.8 Å². The smallest absolute Gasteiger partial charge is 0.157 e. The van der Waals surface area contributed by atoms with Gasteiger partial charge in [-0.05, 0) is 25.5 Å². The fourth-order valence-corrected chi connectivity index (χ4v) is 1.31. The minimum atomic E-state index is 0.633. The number of fused-ring (bicyclic) bond motifs is 1. The summed E-state index contributed by atoms with van der Waals surface area (Å²) in [5, 5.41) is 4.78. The zero-order chi connectivity index (χ0) is 10.7. The molecule has 0 bridgehead atoms. The van der Waals surface area contributed by atoms with Crippen molar-refractivity contribution in [1.29, 1.82) is 0 Å². The third kappa shape index (κ3) is 1.87. The van der Waals surface area contributed by atoms with Gasteiger partial charge in [-0.2, -0.15) is 5.10 Å². The molecule has 0 saturated carbocycles. The van der Waals surface area contributed by atoms with Gasteiger partial charge in [0.05, 0.1) is 0 Å². The van der Waals surface area contributed by atoms with E-state index in [9.17, 15) is 0 Å². The normalized spacial score (nSPS) is 9.79. The number of rotatable bonds is 0. The van der Waals surface area contributed by atoms with Gasteiger partial charge in [0.2, 0.25) is 0 Å². The molecule has 3 nitrogen and oxygen atoms in total. The van der Waals surface area contributed by atoms with E-state index in [4.69, 9.17) is 11.6 Å². The number of hydrogen-bond donors (Lipinski definition) is 0. The Morgan fingerprint density at radius 2 is 1.86 bits per heavy atom. The van der Waals surface area contributed by atoms with Gasteiger partial charge in [0.1, 0.15) is 11.0 Å². The van der Waals surface area contributed by atoms with Crippen molar-refractivity contribution < 1.29 is 0 Å². The molecule has 0 aliphatic carbocycles. The lowest BCUT2D eigenvalue weighted by Gasteiger charge is -1.97. The summed E-state index contributed by atoms with van der Waals surface area (Å²) in [6, 6.07) is 3.84. The van der Waals surface area contributed by atoms with Gasteiger partial charge in [-0.15, -0.1) is 0 Å². The van der Waals surface area contributed by atoms with E-state index in [1.54, 1.807) is 4.52 Å². The van der Waals surface area contributed by atoms with E-state index in [0.717, 1.165) is 17.0 Å². The van der Waals surface area contributed by atoms with Crippen molar-refractivity contribution in [2.75, 3.05) is 0 Å². The van der Waals surface area contributed by atoms with E-state index in [-0.39, 0.29) is 0 Å². The lowest BCUT2D eigenvalue weighted by molar-refractivity contribution is 0.924. The number of aromatic nitrogens is 3. The molecule has 0 spiro atoms. The fraction of sp³-hybridized carbons (Fsp3) is 0.400. The predicted octanol–water partition coefficient (Wildman–Crippen LogP) is 3.03. The van der Waals surface area contributed by atoms with Crippen molar-refractivity contribution in [3.8, 4) is 0 Å². The van der Waals surface area contributed by atoms with Crippen molar-refractivity contribution in [2.45, 2.75) is 27.7 Å². The highest BCUT2D eigenvalue weighted by molar-refractivity contribution is 6.30. The van der Waals surface area contributed by atoms with Crippen LogP contribution in [0.2, 0.25) is 5.15 Å². The molecule has 0 radical (unpaired) electrons. The van der Waals surface area contributed by atoms with Crippen molar-refractivity contribution in [3.63, 3.8) is 0 Å². The predicted molar refractivity (Wildman–Crippen MR) is 58.8 cm³/mol. The maximum Gasteiger partial charge on any atom is 0.157 e. The third-order valence-electron chi connectivity index (χ3n) is 1.73. The lowest BCUT2D eigenvalue weighted by Crippen LogP contribution is -1.91. The molecule has 2 aromatic rings. The van der Waals surface area contributed by atoms with Crippen LogP contribution in [-0.4, -0.2) is 14.6 Å². The molecule has 14 heavy (non-hydrogen) atoms. The summed E-state index contributed by atoms with van der Waals surface area (Å²) in [7, 11) is 0. The van der Waals surface area contributed by atoms with Gasteiger partial charge in [-0.25, -0.2) is 9.50 Å². The van der Waals surface area contributed by atoms with Gasteiger partial charge in [0, 0.05) is 0 Å². The van der Waals surface area contributed by atoms with Crippen molar-refractivity contribution in [2.24, 2.45) is 0 Å². The second-order valence-corrected chi connectivity index (χ2v) is 3.09. The lowest BCUT2D eigenvalue weighted by atomic mass is 10.3. The van der Waals surface area contributed by atoms with Crippen LogP contribution in [0.5, 0.6) is 0 Å². The minimum absolute atomic E-state index is 0.633. The zero-order valence-electron chi connectivity index (χ0n) is 8.87. The zero-order valence-corrected chi connectivity index (χ0v) is 9.63. The van der Waals surface area contributed by atoms with Gasteiger partial charge in [0.25, 0.3) is 0 Å². The van der Waals surface area contributed by atoms with E-state index in [1.165, 1.54) is 0 Å². The quantitative estimate of drug-likeness (QED) is 0.627. The topological polar surface area (TPSA) is 30.2 Å². The molecule has 0 fully saturated rings. The number of pyridine rings is 1. The van der Waals surface area contributed by atoms with Crippen LogP contribution in [0.4, 0.5) is 0 Å². The van der Waals surface area contributed by atoms with Crippen LogP contribution in [0.3, 0.4) is 0 Å². The summed E-state index contributed by atoms with van der Waals surface area (Å²) in [5.74, 6) is 0.738. The first-order chi connectivity index (χ1) is 6.68. The molecular formula is C10H14ClN3. The number of halogens is 1. The molecular weight excluding hydrogens is 198 g/mol. The Morgan fingerprint density at radius 1 is 1.21 bits per heavy atom. The summed E-state index contributed by atoms with van der Waals surface area (Å²) in [4.78, 5) is 4.18. The molecule has 0 atom stereocenters. The second kappa shape index (κ2) is 4.42. The van der Waals surface area contributed by atoms with Crippen molar-refractivity contribution in [1.82, 2.24) is 14.6 Å². The molecule has 0 N–H and O–H groups in total. The van der Waals surface area contributed by atoms with Gasteiger partial charge < -0.3 is 0 Å². The maximum atomic E-state index is 6.00. The average Bonchev–Trinajstić information content (AvgIpc) is 2.57. The van der Waals surface area contributed by atoms with Crippen LogP contribution in [-0.2, 0) is 0 Å². The molecule has 0 saturated heterocycles. The van der Waals surface area contributed by atoms with Gasteiger partial charge in [-0.1, -0.05) is 31.5 Å². The standard InChI is InChI=1S/C8H8ClN3.C2H6/c1-5-3-4-7-10-6(2)11-12(7)8(5)9;1-2/h3-4H,1-2H3;1-2H3. The Kier molecular flexibility index (Phi) is 3.47. The number of hydrogen-bond acceptors (Lipinski definition) is 2. The Morgan fingerprint density at radius 3 is 2.50 bits per heavy atom. The van der Waals surface area contributed by atoms with Crippen LogP contribution in [0.15, 0.2) is 12.1 Å². The molecule has 0 unspecified atom stereocenters. The second-order valence-electron chi connectivity index (χ2n) is 2.74. The molecule has 0 aliphatic rings. The SMILES string of the molecule is CC.Cc1nc2ccc(C)c(Cl)n2n1. The van der Waals surface area contributed by atoms with Gasteiger partial charge in [0.15, 0.2) is 5.65 Å². The van der Waals surface area contributed by atoms with E-state index >= 15 is 0 Å². The molecule has 2 rings (SSSR count). The minimum Gasteiger partial charge on any atom is -0.212 e. The van der Waals surface area contributed by atoms with Crippen LogP contribution < -0.4 is 0 Å². The van der Waals surface area contributed by atoms with Crippen molar-refractivity contribution in [3.05, 3.63) is 28.7 Å². The average molecular weight is 212 g/mol. The highest BCUT2D eigenvalue weighted by Gasteiger charge is 2.04. The number of nitrogens with zero attached hydrogens (tertiary/aromatic N) is 3. The van der Waals surface area contributed by atoms with E-state index < -0.39 is 0 Å². The summed E-state index contributed by atoms with van der Waals surface area (Å²) in [6.45, 7) is 7.79. The third-order valence-corrected chi connectivity index (χ3v) is 2.19. The number of aryl methyl sites for hydroxylation is 2. The van der Waals surface area contributed by atoms with Crippen molar-refractivity contribution >= 4 is 17.2 Å². The fourth-order valence-electron chi connectivity index (χ4n) is 1.12. The molecule has 0 aliphatic heterocycles. The summed E-state index contributed by atoms with van der Waals surface area (Å²) < 4.78 is 1.65. The maximum absolute atomic E-state index is 6.00. The first-order valence-electron chi connectivity index (χ1n) is 4.67. The molecule has 0 amide bonds. The van der Waals surface area contributed by atoms with Crippen LogP contribution >= 0.6 is 11.6 Å². The Bertz CT molecular complexity index is 434. The van der Waals surface area contributed by atoms with Gasteiger partial charge in [-0.3, -0.25) is 0 Å². The van der Waals surface area contributed by atoms with Crippen LogP contribution in [0.25, 0.3) is 5.65 Å². The summed E-state index contributed by atoms with van der Waals surface area (Å²) in [5.41, 5.74) is 1.80. The molecule has 4 heteroatoms. The first-order valence-corrected chi connectivity index (χ1v) is 5.05. The van der Waals surface area contributed by atoms with Crippen LogP contribution in [0.1, 0.15) is 25.2 Å². The molecule has 0 aromatic carbocycles. The Hall–Kier alpha value is -1.09. The summed E-state index contributed by atoms with van der Waals surface area (Å²) in [6.07, 6.45) is 0. The largest absolute Gasteiger partial charge is 0.212 e. The molecule has 2 aromatic heterocycles. The van der Waals surface area contributed by atoms with Gasteiger partial charge >= 0.3 is 0 Å². The summed E-state index contributed by atoms with van der Waals surface area (Å²) >= 11 is 6.00. The molecule has 2 heterocycles. The Labute approximate surface area is 88.7 Å². The van der Waals surface area contributed by atoms with E-state index in [0.29, 0.717) is 5.15 Å². The monoisotopic (exact) mass is 211 g/mol. The Balaban J connectivity index is 0.000000461. The highest BCUT2D eigenvalue weighted by Crippen LogP contribution is 2.15.